The molecule has 1 aliphatic carbocycles. The van der Waals surface area contributed by atoms with Gasteiger partial charge in [0.05, 0.1) is 7.14 Å². The summed E-state index contributed by atoms with van der Waals surface area (Å²) < 4.78 is 6.78. The first-order valence-corrected chi connectivity index (χ1v) is 13.5. The third kappa shape index (κ3) is 8.62. The fourth-order valence-corrected chi connectivity index (χ4v) is 5.89. The van der Waals surface area contributed by atoms with Gasteiger partial charge in [0, 0.05) is 12.5 Å². The van der Waals surface area contributed by atoms with E-state index in [0.717, 1.165) is 36.8 Å². The fraction of sp³-hybridized carbons (Fsp3) is 0.440. The van der Waals surface area contributed by atoms with Crippen molar-refractivity contribution in [3.63, 3.8) is 0 Å². The molecule has 0 aromatic heterocycles. The molecule has 2 aromatic carbocycles. The van der Waals surface area contributed by atoms with Crippen LogP contribution in [0.3, 0.4) is 0 Å². The third-order valence-electron chi connectivity index (χ3n) is 5.79. The van der Waals surface area contributed by atoms with Crippen molar-refractivity contribution >= 4 is 57.2 Å². The summed E-state index contributed by atoms with van der Waals surface area (Å²) in [7, 11) is 0. The maximum atomic E-state index is 13.2. The van der Waals surface area contributed by atoms with Crippen LogP contribution in [0.2, 0.25) is 0 Å². The first-order valence-electron chi connectivity index (χ1n) is 11.4. The number of rotatable bonds is 7. The van der Waals surface area contributed by atoms with Gasteiger partial charge in [-0.25, -0.2) is 4.79 Å². The second-order valence-corrected chi connectivity index (χ2v) is 10.7. The van der Waals surface area contributed by atoms with Gasteiger partial charge in [-0.15, -0.1) is 0 Å². The maximum Gasteiger partial charge on any atom is 0.408 e. The predicted molar refractivity (Wildman–Crippen MR) is 145 cm³/mol. The summed E-state index contributed by atoms with van der Waals surface area (Å²) in [4.78, 5) is 25.8. The van der Waals surface area contributed by atoms with Crippen molar-refractivity contribution in [2.75, 3.05) is 0 Å². The van der Waals surface area contributed by atoms with Gasteiger partial charge in [-0.1, -0.05) is 62.4 Å². The van der Waals surface area contributed by atoms with Gasteiger partial charge in [0.25, 0.3) is 0 Å². The summed E-state index contributed by atoms with van der Waals surface area (Å²) in [5.41, 5.74) is 1.74. The summed E-state index contributed by atoms with van der Waals surface area (Å²) in [5.74, 6) is 0.0287. The zero-order valence-corrected chi connectivity index (χ0v) is 22.8. The summed E-state index contributed by atoms with van der Waals surface area (Å²) >= 11 is 4.14. The molecular weight excluding hydrogens is 646 g/mol. The van der Waals surface area contributed by atoms with Crippen LogP contribution in [0, 0.1) is 7.14 Å². The molecule has 178 valence electrons. The zero-order chi connectivity index (χ0) is 23.6. The lowest BCUT2D eigenvalue weighted by Gasteiger charge is -2.25. The summed E-state index contributed by atoms with van der Waals surface area (Å²) in [6.07, 6.45) is 7.49. The Balaban J connectivity index is 1.68. The molecule has 3 N–H and O–H groups in total. The third-order valence-corrected chi connectivity index (χ3v) is 7.43. The molecule has 8 heteroatoms. The van der Waals surface area contributed by atoms with Crippen LogP contribution in [0.1, 0.15) is 56.1 Å². The van der Waals surface area contributed by atoms with Gasteiger partial charge < -0.3 is 20.5 Å². The highest BCUT2D eigenvalue weighted by Gasteiger charge is 2.25. The van der Waals surface area contributed by atoms with Crippen molar-refractivity contribution in [2.45, 2.75) is 70.1 Å². The summed E-state index contributed by atoms with van der Waals surface area (Å²) in [6, 6.07) is 12.5. The molecule has 1 fully saturated rings. The van der Waals surface area contributed by atoms with E-state index >= 15 is 0 Å². The maximum absolute atomic E-state index is 13.2. The van der Waals surface area contributed by atoms with Crippen molar-refractivity contribution in [1.29, 1.82) is 0 Å². The molecule has 0 aliphatic heterocycles. The van der Waals surface area contributed by atoms with Crippen LogP contribution in [0.5, 0.6) is 5.75 Å². The van der Waals surface area contributed by atoms with Crippen LogP contribution in [0.4, 0.5) is 4.79 Å². The van der Waals surface area contributed by atoms with Crippen molar-refractivity contribution < 1.29 is 19.4 Å². The molecule has 6 nitrogen and oxygen atoms in total. The predicted octanol–water partition coefficient (Wildman–Crippen LogP) is 5.67. The SMILES string of the molecule is O=C(N[C@H](Cc1cc(I)c(O)c(I)c1)C(=O)NC1CCCCCCC1)OCc1ccccc1. The van der Waals surface area contributed by atoms with E-state index in [1.165, 1.54) is 19.3 Å². The molecule has 2 amide bonds. The zero-order valence-electron chi connectivity index (χ0n) is 18.5. The Labute approximate surface area is 222 Å². The highest BCUT2D eigenvalue weighted by Crippen LogP contribution is 2.28. The standard InChI is InChI=1S/C25H30I2N2O4/c26-20-13-18(14-21(27)23(20)30)15-22(24(31)28-19-11-7-2-1-3-8-12-19)29-25(32)33-16-17-9-5-4-6-10-17/h4-6,9-10,13-14,19,22,30H,1-3,7-8,11-12,15-16H2,(H,28,31)(H,29,32)/t22-/m1/s1. The lowest BCUT2D eigenvalue weighted by molar-refractivity contribution is -0.123. The molecule has 33 heavy (non-hydrogen) atoms. The molecule has 0 radical (unpaired) electrons. The Morgan fingerprint density at radius 3 is 2.21 bits per heavy atom. The Bertz CT molecular complexity index is 908. The Kier molecular flexibility index (Phi) is 10.5. The number of benzene rings is 2. The van der Waals surface area contributed by atoms with E-state index in [1.807, 2.05) is 42.5 Å². The van der Waals surface area contributed by atoms with Gasteiger partial charge in [-0.05, 0) is 81.3 Å². The highest BCUT2D eigenvalue weighted by atomic mass is 127. The summed E-state index contributed by atoms with van der Waals surface area (Å²) in [6.45, 7) is 0.138. The molecule has 0 bridgehead atoms. The molecule has 0 spiro atoms. The van der Waals surface area contributed by atoms with Crippen LogP contribution in [0.15, 0.2) is 42.5 Å². The number of carbonyl (C=O) groups is 2. The number of aromatic hydroxyl groups is 1. The monoisotopic (exact) mass is 676 g/mol. The fourth-order valence-electron chi connectivity index (χ4n) is 3.99. The lowest BCUT2D eigenvalue weighted by Crippen LogP contribution is -2.51. The lowest BCUT2D eigenvalue weighted by atomic mass is 9.96. The number of hydrogen-bond donors (Lipinski definition) is 3. The van der Waals surface area contributed by atoms with Crippen molar-refractivity contribution in [1.82, 2.24) is 10.6 Å². The van der Waals surface area contributed by atoms with E-state index in [2.05, 4.69) is 55.8 Å². The second-order valence-electron chi connectivity index (χ2n) is 8.42. The van der Waals surface area contributed by atoms with E-state index < -0.39 is 12.1 Å². The molecule has 2 aromatic rings. The number of alkyl carbamates (subject to hydrolysis) is 1. The van der Waals surface area contributed by atoms with Gasteiger partial charge in [0.1, 0.15) is 18.4 Å². The van der Waals surface area contributed by atoms with Crippen LogP contribution in [-0.4, -0.2) is 29.2 Å². The smallest absolute Gasteiger partial charge is 0.408 e. The number of phenols is 1. The number of ether oxygens (including phenoxy) is 1. The number of carbonyl (C=O) groups excluding carboxylic acids is 2. The number of amides is 2. The van der Waals surface area contributed by atoms with Gasteiger partial charge in [-0.2, -0.15) is 0 Å². The normalized spacial score (nSPS) is 15.7. The number of nitrogens with one attached hydrogen (secondary N) is 2. The van der Waals surface area contributed by atoms with E-state index in [4.69, 9.17) is 4.74 Å². The minimum Gasteiger partial charge on any atom is -0.506 e. The van der Waals surface area contributed by atoms with Crippen LogP contribution in [0.25, 0.3) is 0 Å². The van der Waals surface area contributed by atoms with Gasteiger partial charge >= 0.3 is 6.09 Å². The highest BCUT2D eigenvalue weighted by molar-refractivity contribution is 14.1. The molecule has 1 atom stereocenters. The van der Waals surface area contributed by atoms with Crippen LogP contribution >= 0.6 is 45.2 Å². The van der Waals surface area contributed by atoms with E-state index in [9.17, 15) is 14.7 Å². The first-order chi connectivity index (χ1) is 15.9. The molecular formula is C25H30I2N2O4. The molecule has 0 unspecified atom stereocenters. The van der Waals surface area contributed by atoms with Crippen molar-refractivity contribution in [2.24, 2.45) is 0 Å². The van der Waals surface area contributed by atoms with Gasteiger partial charge in [0.2, 0.25) is 5.91 Å². The second kappa shape index (κ2) is 13.4. The van der Waals surface area contributed by atoms with Crippen molar-refractivity contribution in [3.8, 4) is 5.75 Å². The molecule has 3 rings (SSSR count). The Hall–Kier alpha value is -1.56. The molecule has 0 heterocycles. The average molecular weight is 676 g/mol. The van der Waals surface area contributed by atoms with E-state index in [1.54, 1.807) is 0 Å². The summed E-state index contributed by atoms with van der Waals surface area (Å²) in [5, 5.41) is 16.0. The van der Waals surface area contributed by atoms with Crippen LogP contribution < -0.4 is 10.6 Å². The Morgan fingerprint density at radius 2 is 1.58 bits per heavy atom. The largest absolute Gasteiger partial charge is 0.506 e. The number of halogens is 2. The molecule has 1 aliphatic rings. The van der Waals surface area contributed by atoms with Crippen molar-refractivity contribution in [3.05, 3.63) is 60.7 Å². The van der Waals surface area contributed by atoms with E-state index in [-0.39, 0.29) is 24.3 Å². The topological polar surface area (TPSA) is 87.7 Å². The quantitative estimate of drug-likeness (QED) is 0.330. The van der Waals surface area contributed by atoms with Crippen LogP contribution in [-0.2, 0) is 22.6 Å². The minimum atomic E-state index is -0.769. The molecule has 1 saturated carbocycles. The van der Waals surface area contributed by atoms with Gasteiger partial charge in [-0.3, -0.25) is 4.79 Å². The first kappa shape index (κ1) is 26.1. The van der Waals surface area contributed by atoms with Gasteiger partial charge in [0.15, 0.2) is 0 Å². The van der Waals surface area contributed by atoms with E-state index in [0.29, 0.717) is 13.6 Å². The molecule has 0 saturated heterocycles. The minimum absolute atomic E-state index is 0.127. The number of hydrogen-bond acceptors (Lipinski definition) is 4. The average Bonchev–Trinajstić information content (AvgIpc) is 2.78. The Morgan fingerprint density at radius 1 is 0.970 bits per heavy atom. The number of phenolic OH excluding ortho intramolecular Hbond substituents is 1.